The molecular formula is C16H27ClN2O. The van der Waals surface area contributed by atoms with Crippen molar-refractivity contribution in [1.82, 2.24) is 5.43 Å². The fourth-order valence-corrected chi connectivity index (χ4v) is 2.42. The van der Waals surface area contributed by atoms with Crippen molar-refractivity contribution < 1.29 is 4.74 Å². The average Bonchev–Trinajstić information content (AvgIpc) is 2.48. The van der Waals surface area contributed by atoms with Gasteiger partial charge in [-0.2, -0.15) is 0 Å². The Morgan fingerprint density at radius 1 is 1.25 bits per heavy atom. The van der Waals surface area contributed by atoms with Gasteiger partial charge < -0.3 is 4.74 Å². The monoisotopic (exact) mass is 298 g/mol. The van der Waals surface area contributed by atoms with Gasteiger partial charge in [0.15, 0.2) is 0 Å². The molecule has 0 saturated carbocycles. The third-order valence-corrected chi connectivity index (χ3v) is 3.91. The standard InChI is InChI=1S/C16H27ClN2O/c1-3-5-6-13(4-2)11-15(19-18)12-20-16-9-7-14(17)8-10-16/h7-10,13,15,19H,3-6,11-12,18H2,1-2H3. The van der Waals surface area contributed by atoms with Crippen LogP contribution in [0.1, 0.15) is 46.0 Å². The molecule has 3 nitrogen and oxygen atoms in total. The van der Waals surface area contributed by atoms with E-state index in [9.17, 15) is 0 Å². The van der Waals surface area contributed by atoms with Crippen molar-refractivity contribution in [3.63, 3.8) is 0 Å². The Bertz CT molecular complexity index is 356. The van der Waals surface area contributed by atoms with Gasteiger partial charge >= 0.3 is 0 Å². The highest BCUT2D eigenvalue weighted by molar-refractivity contribution is 6.30. The molecule has 0 fully saturated rings. The van der Waals surface area contributed by atoms with Gasteiger partial charge in [-0.3, -0.25) is 11.3 Å². The molecule has 114 valence electrons. The van der Waals surface area contributed by atoms with E-state index >= 15 is 0 Å². The van der Waals surface area contributed by atoms with E-state index in [4.69, 9.17) is 22.2 Å². The zero-order chi connectivity index (χ0) is 14.8. The maximum atomic E-state index is 5.85. The van der Waals surface area contributed by atoms with Crippen LogP contribution in [0.25, 0.3) is 0 Å². The quantitative estimate of drug-likeness (QED) is 0.504. The van der Waals surface area contributed by atoms with Gasteiger partial charge in [0.25, 0.3) is 0 Å². The van der Waals surface area contributed by atoms with Crippen LogP contribution in [0.3, 0.4) is 0 Å². The fourth-order valence-electron chi connectivity index (χ4n) is 2.30. The van der Waals surface area contributed by atoms with E-state index in [1.807, 2.05) is 24.3 Å². The number of hydrogen-bond donors (Lipinski definition) is 2. The molecule has 0 heterocycles. The molecule has 0 saturated heterocycles. The summed E-state index contributed by atoms with van der Waals surface area (Å²) in [5.74, 6) is 7.18. The Kier molecular flexibility index (Phi) is 8.67. The van der Waals surface area contributed by atoms with E-state index in [0.717, 1.165) is 17.2 Å². The molecule has 0 spiro atoms. The molecule has 0 radical (unpaired) electrons. The van der Waals surface area contributed by atoms with Crippen molar-refractivity contribution in [2.75, 3.05) is 6.61 Å². The van der Waals surface area contributed by atoms with Crippen LogP contribution in [-0.4, -0.2) is 12.6 Å². The molecule has 20 heavy (non-hydrogen) atoms. The Hall–Kier alpha value is -0.770. The minimum Gasteiger partial charge on any atom is -0.492 e. The SMILES string of the molecule is CCCCC(CC)CC(COc1ccc(Cl)cc1)NN. The van der Waals surface area contributed by atoms with Crippen LogP contribution < -0.4 is 16.0 Å². The lowest BCUT2D eigenvalue weighted by Gasteiger charge is -2.22. The maximum Gasteiger partial charge on any atom is 0.119 e. The van der Waals surface area contributed by atoms with E-state index in [2.05, 4.69) is 19.3 Å². The van der Waals surface area contributed by atoms with Gasteiger partial charge in [0.1, 0.15) is 12.4 Å². The number of hydrogen-bond acceptors (Lipinski definition) is 3. The summed E-state index contributed by atoms with van der Waals surface area (Å²) in [6, 6.07) is 7.61. The molecule has 1 aromatic carbocycles. The second-order valence-electron chi connectivity index (χ2n) is 5.28. The molecule has 3 N–H and O–H groups in total. The summed E-state index contributed by atoms with van der Waals surface area (Å²) in [4.78, 5) is 0. The van der Waals surface area contributed by atoms with E-state index < -0.39 is 0 Å². The van der Waals surface area contributed by atoms with E-state index in [1.54, 1.807) is 0 Å². The average molecular weight is 299 g/mol. The Morgan fingerprint density at radius 3 is 2.50 bits per heavy atom. The van der Waals surface area contributed by atoms with Gasteiger partial charge in [-0.1, -0.05) is 51.1 Å². The Morgan fingerprint density at radius 2 is 1.95 bits per heavy atom. The van der Waals surface area contributed by atoms with E-state index in [1.165, 1.54) is 25.7 Å². The summed E-state index contributed by atoms with van der Waals surface area (Å²) in [7, 11) is 0. The largest absolute Gasteiger partial charge is 0.492 e. The van der Waals surface area contributed by atoms with Crippen molar-refractivity contribution in [3.8, 4) is 5.75 Å². The van der Waals surface area contributed by atoms with Gasteiger partial charge in [0.05, 0.1) is 6.04 Å². The number of halogens is 1. The van der Waals surface area contributed by atoms with Crippen LogP contribution in [-0.2, 0) is 0 Å². The number of nitrogens with two attached hydrogens (primary N) is 1. The second-order valence-corrected chi connectivity index (χ2v) is 5.72. The van der Waals surface area contributed by atoms with Crippen LogP contribution in [0.2, 0.25) is 5.02 Å². The highest BCUT2D eigenvalue weighted by atomic mass is 35.5. The molecule has 1 rings (SSSR count). The normalized spacial score (nSPS) is 14.0. The van der Waals surface area contributed by atoms with E-state index in [0.29, 0.717) is 12.5 Å². The summed E-state index contributed by atoms with van der Waals surface area (Å²) in [5.41, 5.74) is 2.87. The highest BCUT2D eigenvalue weighted by Gasteiger charge is 2.14. The Labute approximate surface area is 127 Å². The first kappa shape index (κ1) is 17.3. The lowest BCUT2D eigenvalue weighted by molar-refractivity contribution is 0.232. The highest BCUT2D eigenvalue weighted by Crippen LogP contribution is 2.20. The van der Waals surface area contributed by atoms with Crippen LogP contribution in [0.15, 0.2) is 24.3 Å². The molecule has 0 amide bonds. The molecule has 2 atom stereocenters. The summed E-state index contributed by atoms with van der Waals surface area (Å²) in [5, 5.41) is 0.719. The van der Waals surface area contributed by atoms with Gasteiger partial charge in [0.2, 0.25) is 0 Å². The number of ether oxygens (including phenoxy) is 1. The first-order chi connectivity index (χ1) is 9.69. The zero-order valence-corrected chi connectivity index (χ0v) is 13.3. The number of hydrazine groups is 1. The van der Waals surface area contributed by atoms with Crippen LogP contribution in [0.4, 0.5) is 0 Å². The molecule has 2 unspecified atom stereocenters. The predicted molar refractivity (Wildman–Crippen MR) is 86.0 cm³/mol. The summed E-state index contributed by atoms with van der Waals surface area (Å²) in [6.45, 7) is 5.06. The molecule has 1 aromatic rings. The van der Waals surface area contributed by atoms with Gasteiger partial charge in [0, 0.05) is 5.02 Å². The minimum atomic E-state index is 0.187. The lowest BCUT2D eigenvalue weighted by Crippen LogP contribution is -2.41. The van der Waals surface area contributed by atoms with Crippen LogP contribution >= 0.6 is 11.6 Å². The maximum absolute atomic E-state index is 5.85. The van der Waals surface area contributed by atoms with Crippen LogP contribution in [0, 0.1) is 5.92 Å². The summed E-state index contributed by atoms with van der Waals surface area (Å²) in [6.07, 6.45) is 6.05. The molecule has 0 aliphatic heterocycles. The number of benzene rings is 1. The minimum absolute atomic E-state index is 0.187. The van der Waals surface area contributed by atoms with Crippen molar-refractivity contribution >= 4 is 11.6 Å². The third-order valence-electron chi connectivity index (χ3n) is 3.66. The lowest BCUT2D eigenvalue weighted by atomic mass is 9.92. The van der Waals surface area contributed by atoms with Gasteiger partial charge in [-0.25, -0.2) is 0 Å². The molecule has 0 aliphatic rings. The van der Waals surface area contributed by atoms with Crippen LogP contribution in [0.5, 0.6) is 5.75 Å². The van der Waals surface area contributed by atoms with Crippen molar-refractivity contribution in [2.45, 2.75) is 52.0 Å². The number of rotatable bonds is 10. The zero-order valence-electron chi connectivity index (χ0n) is 12.6. The van der Waals surface area contributed by atoms with Gasteiger partial charge in [-0.15, -0.1) is 0 Å². The fraction of sp³-hybridized carbons (Fsp3) is 0.625. The van der Waals surface area contributed by atoms with Crippen molar-refractivity contribution in [3.05, 3.63) is 29.3 Å². The molecule has 0 aliphatic carbocycles. The molecule has 0 aromatic heterocycles. The summed E-state index contributed by atoms with van der Waals surface area (Å²) < 4.78 is 5.76. The first-order valence-electron chi connectivity index (χ1n) is 7.54. The predicted octanol–water partition coefficient (Wildman–Crippen LogP) is 4.16. The molecule has 0 bridgehead atoms. The van der Waals surface area contributed by atoms with Gasteiger partial charge in [-0.05, 0) is 36.6 Å². The third kappa shape index (κ3) is 6.60. The smallest absolute Gasteiger partial charge is 0.119 e. The number of unbranched alkanes of at least 4 members (excludes halogenated alkanes) is 1. The topological polar surface area (TPSA) is 47.3 Å². The summed E-state index contributed by atoms with van der Waals surface area (Å²) >= 11 is 5.85. The van der Waals surface area contributed by atoms with E-state index in [-0.39, 0.29) is 6.04 Å². The first-order valence-corrected chi connectivity index (χ1v) is 7.91. The number of nitrogens with one attached hydrogen (secondary N) is 1. The molecule has 4 heteroatoms. The Balaban J connectivity index is 2.39. The van der Waals surface area contributed by atoms with Crippen molar-refractivity contribution in [2.24, 2.45) is 11.8 Å². The second kappa shape index (κ2) is 10.0. The van der Waals surface area contributed by atoms with Crippen molar-refractivity contribution in [1.29, 1.82) is 0 Å². The molecular weight excluding hydrogens is 272 g/mol.